The summed E-state index contributed by atoms with van der Waals surface area (Å²) < 4.78 is 3.53. The van der Waals surface area contributed by atoms with Crippen LogP contribution in [0, 0.1) is 0 Å². The first-order valence-electron chi connectivity index (χ1n) is 6.16. The molecule has 0 N–H and O–H groups in total. The van der Waals surface area contributed by atoms with Crippen molar-refractivity contribution in [3.63, 3.8) is 0 Å². The molecule has 4 aromatic rings. The normalized spacial score (nSPS) is 15.6. The van der Waals surface area contributed by atoms with Crippen molar-refractivity contribution in [3.8, 4) is 0 Å². The van der Waals surface area contributed by atoms with Crippen molar-refractivity contribution in [2.24, 2.45) is 0 Å². The third-order valence-electron chi connectivity index (χ3n) is 3.67. The Bertz CT molecular complexity index is 931. The van der Waals surface area contributed by atoms with Crippen molar-refractivity contribution in [2.75, 3.05) is 0 Å². The number of hydrogen-bond donors (Lipinski definition) is 0. The van der Waals surface area contributed by atoms with E-state index < -0.39 is 0 Å². The maximum atomic E-state index is 4.11. The highest BCUT2D eigenvalue weighted by Crippen LogP contribution is 2.36. The van der Waals surface area contributed by atoms with Crippen LogP contribution in [0.25, 0.3) is 21.6 Å². The van der Waals surface area contributed by atoms with Crippen molar-refractivity contribution in [1.29, 1.82) is 0 Å². The van der Waals surface area contributed by atoms with E-state index in [-0.39, 0.29) is 0 Å². The third-order valence-corrected chi connectivity index (χ3v) is 4.93. The number of thiophene rings is 1. The summed E-state index contributed by atoms with van der Waals surface area (Å²) in [6.45, 7) is 0. The van der Waals surface area contributed by atoms with E-state index in [1.54, 1.807) is 20.4 Å². The molecule has 0 saturated heterocycles. The Kier molecular flexibility index (Phi) is 1.66. The zero-order valence-electron chi connectivity index (χ0n) is 9.81. The molecule has 9 heteroatoms. The first-order valence-corrected chi connectivity index (χ1v) is 6.97. The van der Waals surface area contributed by atoms with Gasteiger partial charge in [0.2, 0.25) is 11.3 Å². The quantitative estimate of drug-likeness (QED) is 0.467. The van der Waals surface area contributed by atoms with E-state index in [4.69, 9.17) is 0 Å². The van der Waals surface area contributed by atoms with Crippen LogP contribution < -0.4 is 0 Å². The van der Waals surface area contributed by atoms with Gasteiger partial charge in [0.1, 0.15) is 10.3 Å². The molecule has 0 spiro atoms. The average Bonchev–Trinajstić information content (AvgIpc) is 3.14. The number of hydrogen-bond acceptors (Lipinski definition) is 7. The first kappa shape index (κ1) is 9.73. The molecule has 1 aliphatic carbocycles. The van der Waals surface area contributed by atoms with Crippen LogP contribution in [0.15, 0.2) is 0 Å². The molecule has 0 atom stereocenters. The Morgan fingerprint density at radius 2 is 1.63 bits per heavy atom. The van der Waals surface area contributed by atoms with Gasteiger partial charge in [0.05, 0.1) is 0 Å². The van der Waals surface area contributed by atoms with Crippen LogP contribution in [0.3, 0.4) is 0 Å². The SMILES string of the molecule is C1CCc2c(sc3c2n2nnnc2c2nnnn23)C1. The Labute approximate surface area is 110 Å². The van der Waals surface area contributed by atoms with E-state index in [0.29, 0.717) is 11.3 Å². The van der Waals surface area contributed by atoms with Crippen LogP contribution >= 0.6 is 11.3 Å². The Morgan fingerprint density at radius 1 is 0.895 bits per heavy atom. The molecule has 0 bridgehead atoms. The molecule has 0 fully saturated rings. The standard InChI is InChI=1S/C10H8N8S/c1-2-4-6-5(3-1)7-10(19-6)18-9(12-14-16-18)8-11-13-15-17(7)8/h1-4H2. The van der Waals surface area contributed by atoms with Gasteiger partial charge in [-0.2, -0.15) is 9.03 Å². The molecule has 4 aromatic heterocycles. The van der Waals surface area contributed by atoms with Gasteiger partial charge in [0.15, 0.2) is 0 Å². The second kappa shape index (κ2) is 3.23. The van der Waals surface area contributed by atoms with Crippen molar-refractivity contribution in [1.82, 2.24) is 40.1 Å². The number of aryl methyl sites for hydroxylation is 2. The topological polar surface area (TPSA) is 86.2 Å². The minimum atomic E-state index is 0.607. The summed E-state index contributed by atoms with van der Waals surface area (Å²) in [5.74, 6) is 0. The molecule has 8 nitrogen and oxygen atoms in total. The average molecular weight is 272 g/mol. The van der Waals surface area contributed by atoms with E-state index in [9.17, 15) is 0 Å². The predicted molar refractivity (Wildman–Crippen MR) is 67.1 cm³/mol. The zero-order valence-corrected chi connectivity index (χ0v) is 10.6. The van der Waals surface area contributed by atoms with Crippen molar-refractivity contribution >= 4 is 33.0 Å². The van der Waals surface area contributed by atoms with Gasteiger partial charge in [0.25, 0.3) is 0 Å². The number of rotatable bonds is 0. The summed E-state index contributed by atoms with van der Waals surface area (Å²) in [7, 11) is 0. The van der Waals surface area contributed by atoms with Gasteiger partial charge in [0, 0.05) is 4.88 Å². The molecule has 94 valence electrons. The fraction of sp³-hybridized carbons (Fsp3) is 0.400. The van der Waals surface area contributed by atoms with Gasteiger partial charge in [-0.05, 0) is 52.1 Å². The Hall–Kier alpha value is -2.16. The van der Waals surface area contributed by atoms with Gasteiger partial charge in [-0.15, -0.1) is 21.5 Å². The van der Waals surface area contributed by atoms with Crippen LogP contribution in [-0.2, 0) is 12.8 Å². The fourth-order valence-electron chi connectivity index (χ4n) is 2.84. The second-order valence-electron chi connectivity index (χ2n) is 4.69. The molecular weight excluding hydrogens is 264 g/mol. The lowest BCUT2D eigenvalue weighted by atomic mass is 9.99. The van der Waals surface area contributed by atoms with E-state index in [0.717, 1.165) is 23.2 Å². The van der Waals surface area contributed by atoms with Gasteiger partial charge in [-0.25, -0.2) is 0 Å². The smallest absolute Gasteiger partial charge is 0.186 e. The molecule has 1 aliphatic rings. The summed E-state index contributed by atoms with van der Waals surface area (Å²) >= 11 is 1.76. The van der Waals surface area contributed by atoms with Crippen molar-refractivity contribution < 1.29 is 0 Å². The molecule has 4 heterocycles. The summed E-state index contributed by atoms with van der Waals surface area (Å²) in [4.78, 5) is 2.45. The Morgan fingerprint density at radius 3 is 2.53 bits per heavy atom. The lowest BCUT2D eigenvalue weighted by Crippen LogP contribution is -2.02. The van der Waals surface area contributed by atoms with E-state index in [2.05, 4.69) is 31.1 Å². The highest BCUT2D eigenvalue weighted by atomic mass is 32.1. The maximum Gasteiger partial charge on any atom is 0.227 e. The highest BCUT2D eigenvalue weighted by molar-refractivity contribution is 7.18. The number of fused-ring (bicyclic) bond motifs is 8. The molecule has 0 aliphatic heterocycles. The summed E-state index contributed by atoms with van der Waals surface area (Å²) in [6.07, 6.45) is 4.67. The molecule has 0 aromatic carbocycles. The Balaban J connectivity index is 2.13. The predicted octanol–water partition coefficient (Wildman–Crippen LogP) is 0.655. The molecule has 19 heavy (non-hydrogen) atoms. The van der Waals surface area contributed by atoms with Gasteiger partial charge < -0.3 is 0 Å². The van der Waals surface area contributed by atoms with Gasteiger partial charge in [-0.3, -0.25) is 0 Å². The van der Waals surface area contributed by atoms with Gasteiger partial charge in [-0.1, -0.05) is 0 Å². The third kappa shape index (κ3) is 1.09. The largest absolute Gasteiger partial charge is 0.227 e. The maximum absolute atomic E-state index is 4.11. The van der Waals surface area contributed by atoms with Crippen LogP contribution in [0.1, 0.15) is 23.3 Å². The lowest BCUT2D eigenvalue weighted by Gasteiger charge is -2.09. The summed E-state index contributed by atoms with van der Waals surface area (Å²) in [5, 5.41) is 23.8. The molecule has 0 unspecified atom stereocenters. The van der Waals surface area contributed by atoms with Crippen molar-refractivity contribution in [2.45, 2.75) is 25.7 Å². The van der Waals surface area contributed by atoms with Crippen LogP contribution in [0.2, 0.25) is 0 Å². The first-order chi connectivity index (χ1) is 9.43. The second-order valence-corrected chi connectivity index (χ2v) is 5.78. The molecule has 0 amide bonds. The summed E-state index contributed by atoms with van der Waals surface area (Å²) in [5.41, 5.74) is 3.65. The van der Waals surface area contributed by atoms with Crippen LogP contribution in [0.5, 0.6) is 0 Å². The fourth-order valence-corrected chi connectivity index (χ4v) is 4.15. The number of tetrazole rings is 2. The molecule has 5 rings (SSSR count). The molecular formula is C10H8N8S. The minimum absolute atomic E-state index is 0.607. The zero-order chi connectivity index (χ0) is 12.4. The number of nitrogens with zero attached hydrogens (tertiary/aromatic N) is 8. The van der Waals surface area contributed by atoms with Crippen molar-refractivity contribution in [3.05, 3.63) is 10.4 Å². The molecule has 0 saturated carbocycles. The minimum Gasteiger partial charge on any atom is -0.186 e. The van der Waals surface area contributed by atoms with Crippen LogP contribution in [-0.4, -0.2) is 40.1 Å². The molecule has 0 radical (unpaired) electrons. The van der Waals surface area contributed by atoms with E-state index in [1.807, 2.05) is 0 Å². The monoisotopic (exact) mass is 272 g/mol. The van der Waals surface area contributed by atoms with Crippen LogP contribution in [0.4, 0.5) is 0 Å². The van der Waals surface area contributed by atoms with E-state index in [1.165, 1.54) is 23.3 Å². The summed E-state index contributed by atoms with van der Waals surface area (Å²) in [6, 6.07) is 0. The van der Waals surface area contributed by atoms with E-state index >= 15 is 0 Å². The van der Waals surface area contributed by atoms with Gasteiger partial charge >= 0.3 is 0 Å². The number of aromatic nitrogens is 8. The highest BCUT2D eigenvalue weighted by Gasteiger charge is 2.23. The lowest BCUT2D eigenvalue weighted by molar-refractivity contribution is 0.697.